The van der Waals surface area contributed by atoms with Crippen LogP contribution in [-0.2, 0) is 6.42 Å². The van der Waals surface area contributed by atoms with Gasteiger partial charge >= 0.3 is 0 Å². The molecule has 0 spiro atoms. The lowest BCUT2D eigenvalue weighted by atomic mass is 10.3. The van der Waals surface area contributed by atoms with E-state index < -0.39 is 0 Å². The van der Waals surface area contributed by atoms with Gasteiger partial charge in [-0.25, -0.2) is 4.98 Å². The zero-order valence-corrected chi connectivity index (χ0v) is 10.1. The fourth-order valence-corrected chi connectivity index (χ4v) is 1.51. The summed E-state index contributed by atoms with van der Waals surface area (Å²) < 4.78 is 11.0. The van der Waals surface area contributed by atoms with Crippen molar-refractivity contribution in [3.8, 4) is 5.75 Å². The zero-order valence-electron chi connectivity index (χ0n) is 10.1. The highest BCUT2D eigenvalue weighted by Crippen LogP contribution is 2.15. The number of ether oxygens (including phenoxy) is 1. The second kappa shape index (κ2) is 4.91. The van der Waals surface area contributed by atoms with Crippen LogP contribution in [0, 0.1) is 13.8 Å². The van der Waals surface area contributed by atoms with Gasteiger partial charge in [-0.3, -0.25) is 0 Å². The Morgan fingerprint density at radius 2 is 2.18 bits per heavy atom. The van der Waals surface area contributed by atoms with E-state index in [0.717, 1.165) is 17.2 Å². The maximum absolute atomic E-state index is 5.65. The number of hydrogen-bond donors (Lipinski definition) is 1. The Bertz CT molecular complexity index is 486. The highest BCUT2D eigenvalue weighted by molar-refractivity contribution is 5.43. The lowest BCUT2D eigenvalue weighted by Gasteiger charge is -2.04. The molecule has 1 aromatic carbocycles. The number of aryl methyl sites for hydroxylation is 2. The van der Waals surface area contributed by atoms with Crippen LogP contribution in [0.3, 0.4) is 0 Å². The van der Waals surface area contributed by atoms with Crippen molar-refractivity contribution >= 4 is 5.69 Å². The minimum Gasteiger partial charge on any atom is -0.493 e. The molecule has 0 amide bonds. The van der Waals surface area contributed by atoms with Crippen molar-refractivity contribution in [1.82, 2.24) is 4.98 Å². The van der Waals surface area contributed by atoms with Gasteiger partial charge in [0.2, 0.25) is 0 Å². The molecule has 2 rings (SSSR count). The molecule has 0 atom stereocenters. The van der Waals surface area contributed by atoms with E-state index in [4.69, 9.17) is 14.9 Å². The number of nitrogen functional groups attached to an aromatic ring is 1. The molecule has 0 bridgehead atoms. The smallest absolute Gasteiger partial charge is 0.198 e. The van der Waals surface area contributed by atoms with Crippen LogP contribution in [0.4, 0.5) is 5.69 Å². The number of benzene rings is 1. The fraction of sp³-hybridized carbons (Fsp3) is 0.308. The van der Waals surface area contributed by atoms with Gasteiger partial charge in [0, 0.05) is 11.8 Å². The van der Waals surface area contributed by atoms with Crippen molar-refractivity contribution in [1.29, 1.82) is 0 Å². The number of anilines is 1. The van der Waals surface area contributed by atoms with Gasteiger partial charge in [0.1, 0.15) is 11.5 Å². The molecule has 4 heteroatoms. The molecule has 17 heavy (non-hydrogen) atoms. The minimum atomic E-state index is 0.531. The first-order valence-electron chi connectivity index (χ1n) is 5.56. The van der Waals surface area contributed by atoms with Gasteiger partial charge in [0.15, 0.2) is 5.89 Å². The van der Waals surface area contributed by atoms with E-state index in [0.29, 0.717) is 24.6 Å². The van der Waals surface area contributed by atoms with Gasteiger partial charge < -0.3 is 14.9 Å². The third kappa shape index (κ3) is 3.00. The largest absolute Gasteiger partial charge is 0.493 e. The van der Waals surface area contributed by atoms with Gasteiger partial charge in [-0.15, -0.1) is 0 Å². The molecule has 2 aromatic rings. The van der Waals surface area contributed by atoms with Crippen LogP contribution in [0.1, 0.15) is 17.3 Å². The summed E-state index contributed by atoms with van der Waals surface area (Å²) in [6, 6.07) is 7.37. The van der Waals surface area contributed by atoms with E-state index in [1.165, 1.54) is 0 Å². The van der Waals surface area contributed by atoms with Crippen LogP contribution < -0.4 is 10.5 Å². The standard InChI is InChI=1S/C13H16N2O2/c1-9-10(2)17-13(15-9)6-7-16-12-5-3-4-11(14)8-12/h3-5,8H,6-7,14H2,1-2H3. The summed E-state index contributed by atoms with van der Waals surface area (Å²) >= 11 is 0. The van der Waals surface area contributed by atoms with Crippen LogP contribution in [0.15, 0.2) is 28.7 Å². The SMILES string of the molecule is Cc1nc(CCOc2cccc(N)c2)oc1C. The maximum atomic E-state index is 5.65. The monoisotopic (exact) mass is 232 g/mol. The second-order valence-electron chi connectivity index (χ2n) is 3.92. The zero-order chi connectivity index (χ0) is 12.3. The van der Waals surface area contributed by atoms with Crippen LogP contribution in [-0.4, -0.2) is 11.6 Å². The van der Waals surface area contributed by atoms with Crippen LogP contribution in [0.25, 0.3) is 0 Å². The molecule has 0 aliphatic rings. The first kappa shape index (κ1) is 11.5. The van der Waals surface area contributed by atoms with E-state index in [1.54, 1.807) is 6.07 Å². The van der Waals surface area contributed by atoms with Gasteiger partial charge in [0.25, 0.3) is 0 Å². The second-order valence-corrected chi connectivity index (χ2v) is 3.92. The molecule has 0 saturated heterocycles. The Hall–Kier alpha value is -1.97. The summed E-state index contributed by atoms with van der Waals surface area (Å²) in [5.74, 6) is 2.35. The van der Waals surface area contributed by atoms with E-state index in [2.05, 4.69) is 4.98 Å². The Balaban J connectivity index is 1.87. The number of rotatable bonds is 4. The Kier molecular flexibility index (Phi) is 3.32. The Morgan fingerprint density at radius 1 is 1.35 bits per heavy atom. The van der Waals surface area contributed by atoms with Gasteiger partial charge in [-0.2, -0.15) is 0 Å². The van der Waals surface area contributed by atoms with E-state index in [9.17, 15) is 0 Å². The van der Waals surface area contributed by atoms with E-state index >= 15 is 0 Å². The lowest BCUT2D eigenvalue weighted by molar-refractivity contribution is 0.305. The minimum absolute atomic E-state index is 0.531. The van der Waals surface area contributed by atoms with Crippen molar-refractivity contribution in [3.05, 3.63) is 41.6 Å². The molecule has 0 aliphatic carbocycles. The summed E-state index contributed by atoms with van der Waals surface area (Å²) in [6.07, 6.45) is 0.656. The van der Waals surface area contributed by atoms with Crippen LogP contribution in [0.2, 0.25) is 0 Å². The third-order valence-electron chi connectivity index (χ3n) is 2.52. The molecule has 2 N–H and O–H groups in total. The molecular weight excluding hydrogens is 216 g/mol. The summed E-state index contributed by atoms with van der Waals surface area (Å²) in [7, 11) is 0. The van der Waals surface area contributed by atoms with E-state index in [-0.39, 0.29) is 0 Å². The van der Waals surface area contributed by atoms with Crippen molar-refractivity contribution in [2.24, 2.45) is 0 Å². The van der Waals surface area contributed by atoms with Crippen molar-refractivity contribution < 1.29 is 9.15 Å². The highest BCUT2D eigenvalue weighted by atomic mass is 16.5. The van der Waals surface area contributed by atoms with Crippen LogP contribution >= 0.6 is 0 Å². The normalized spacial score (nSPS) is 10.5. The lowest BCUT2D eigenvalue weighted by Crippen LogP contribution is -2.01. The third-order valence-corrected chi connectivity index (χ3v) is 2.52. The molecule has 0 fully saturated rings. The van der Waals surface area contributed by atoms with Crippen molar-refractivity contribution in [3.63, 3.8) is 0 Å². The predicted octanol–water partition coefficient (Wildman–Crippen LogP) is 2.50. The summed E-state index contributed by atoms with van der Waals surface area (Å²) in [4.78, 5) is 4.29. The first-order valence-corrected chi connectivity index (χ1v) is 5.56. The number of hydrogen-bond acceptors (Lipinski definition) is 4. The highest BCUT2D eigenvalue weighted by Gasteiger charge is 2.05. The number of oxazole rings is 1. The van der Waals surface area contributed by atoms with E-state index in [1.807, 2.05) is 32.0 Å². The fourth-order valence-electron chi connectivity index (χ4n) is 1.51. The average Bonchev–Trinajstić information content (AvgIpc) is 2.58. The van der Waals surface area contributed by atoms with Crippen molar-refractivity contribution in [2.45, 2.75) is 20.3 Å². The van der Waals surface area contributed by atoms with Gasteiger partial charge in [-0.05, 0) is 26.0 Å². The molecule has 4 nitrogen and oxygen atoms in total. The molecule has 0 radical (unpaired) electrons. The molecule has 1 aromatic heterocycles. The molecular formula is C13H16N2O2. The average molecular weight is 232 g/mol. The Labute approximate surface area is 100 Å². The molecule has 0 aliphatic heterocycles. The molecule has 0 unspecified atom stereocenters. The predicted molar refractivity (Wildman–Crippen MR) is 66.0 cm³/mol. The summed E-state index contributed by atoms with van der Waals surface area (Å²) in [5.41, 5.74) is 7.29. The first-order chi connectivity index (χ1) is 8.15. The summed E-state index contributed by atoms with van der Waals surface area (Å²) in [5, 5.41) is 0. The summed E-state index contributed by atoms with van der Waals surface area (Å²) in [6.45, 7) is 4.37. The van der Waals surface area contributed by atoms with Gasteiger partial charge in [-0.1, -0.05) is 6.07 Å². The topological polar surface area (TPSA) is 61.3 Å². The molecule has 90 valence electrons. The van der Waals surface area contributed by atoms with Crippen LogP contribution in [0.5, 0.6) is 5.75 Å². The molecule has 1 heterocycles. The number of nitrogens with two attached hydrogens (primary N) is 1. The van der Waals surface area contributed by atoms with Gasteiger partial charge in [0.05, 0.1) is 18.7 Å². The molecule has 0 saturated carbocycles. The maximum Gasteiger partial charge on any atom is 0.198 e. The number of nitrogens with zero attached hydrogens (tertiary/aromatic N) is 1. The quantitative estimate of drug-likeness (QED) is 0.823. The Morgan fingerprint density at radius 3 is 2.82 bits per heavy atom. The number of aromatic nitrogens is 1. The van der Waals surface area contributed by atoms with Crippen molar-refractivity contribution in [2.75, 3.05) is 12.3 Å².